The maximum absolute atomic E-state index is 6.02. The minimum absolute atomic E-state index is 0.324. The fraction of sp³-hybridized carbons (Fsp3) is 0.647. The Kier molecular flexibility index (Phi) is 5.86. The molecular formula is C17H27NO2. The van der Waals surface area contributed by atoms with Crippen molar-refractivity contribution in [2.24, 2.45) is 5.92 Å². The highest BCUT2D eigenvalue weighted by Crippen LogP contribution is 2.37. The fourth-order valence-corrected chi connectivity index (χ4v) is 2.87. The number of nitrogens with one attached hydrogen (secondary N) is 1. The summed E-state index contributed by atoms with van der Waals surface area (Å²) < 4.78 is 11.5. The molecule has 0 radical (unpaired) electrons. The topological polar surface area (TPSA) is 30.5 Å². The van der Waals surface area contributed by atoms with Crippen LogP contribution >= 0.6 is 0 Å². The molecule has 20 heavy (non-hydrogen) atoms. The molecule has 0 spiro atoms. The highest BCUT2D eigenvalue weighted by Gasteiger charge is 2.37. The van der Waals surface area contributed by atoms with Crippen LogP contribution in [0.4, 0.5) is 0 Å². The number of likely N-dealkylation sites (N-methyl/N-ethyl adjacent to an activating group) is 1. The summed E-state index contributed by atoms with van der Waals surface area (Å²) in [4.78, 5) is 0. The zero-order valence-corrected chi connectivity index (χ0v) is 12.9. The lowest BCUT2D eigenvalue weighted by atomic mass is 9.97. The van der Waals surface area contributed by atoms with E-state index in [4.69, 9.17) is 9.47 Å². The lowest BCUT2D eigenvalue weighted by molar-refractivity contribution is 0.0195. The zero-order valence-electron chi connectivity index (χ0n) is 12.9. The van der Waals surface area contributed by atoms with E-state index in [9.17, 15) is 0 Å². The third-order valence-corrected chi connectivity index (χ3v) is 3.94. The predicted octanol–water partition coefficient (Wildman–Crippen LogP) is 3.03. The van der Waals surface area contributed by atoms with Gasteiger partial charge < -0.3 is 14.8 Å². The number of para-hydroxylation sites is 1. The first-order chi connectivity index (χ1) is 9.80. The summed E-state index contributed by atoms with van der Waals surface area (Å²) in [6, 6.07) is 8.65. The van der Waals surface area contributed by atoms with Gasteiger partial charge in [-0.05, 0) is 50.3 Å². The molecule has 3 heteroatoms. The summed E-state index contributed by atoms with van der Waals surface area (Å²) in [6.07, 6.45) is 3.89. The average molecular weight is 277 g/mol. The third-order valence-electron chi connectivity index (χ3n) is 3.94. The van der Waals surface area contributed by atoms with Crippen LogP contribution in [0.25, 0.3) is 0 Å². The van der Waals surface area contributed by atoms with E-state index in [1.54, 1.807) is 7.11 Å². The highest BCUT2D eigenvalue weighted by molar-refractivity contribution is 5.34. The molecule has 1 N–H and O–H groups in total. The van der Waals surface area contributed by atoms with Gasteiger partial charge in [-0.15, -0.1) is 0 Å². The van der Waals surface area contributed by atoms with E-state index in [-0.39, 0.29) is 0 Å². The first-order valence-electron chi connectivity index (χ1n) is 7.77. The van der Waals surface area contributed by atoms with Crippen LogP contribution in [0.1, 0.15) is 32.3 Å². The van der Waals surface area contributed by atoms with Gasteiger partial charge in [0.1, 0.15) is 5.75 Å². The molecule has 1 aliphatic carbocycles. The van der Waals surface area contributed by atoms with Crippen molar-refractivity contribution < 1.29 is 9.47 Å². The Hall–Kier alpha value is -1.06. The minimum Gasteiger partial charge on any atom is -0.496 e. The molecule has 0 aliphatic heterocycles. The van der Waals surface area contributed by atoms with E-state index >= 15 is 0 Å². The van der Waals surface area contributed by atoms with Crippen molar-refractivity contribution in [3.63, 3.8) is 0 Å². The van der Waals surface area contributed by atoms with Gasteiger partial charge in [0.25, 0.3) is 0 Å². The van der Waals surface area contributed by atoms with Crippen LogP contribution in [0.2, 0.25) is 0 Å². The molecule has 2 atom stereocenters. The van der Waals surface area contributed by atoms with Crippen LogP contribution < -0.4 is 10.1 Å². The monoisotopic (exact) mass is 277 g/mol. The van der Waals surface area contributed by atoms with Gasteiger partial charge in [-0.3, -0.25) is 0 Å². The zero-order chi connectivity index (χ0) is 14.4. The molecule has 0 heterocycles. The molecule has 2 unspecified atom stereocenters. The first kappa shape index (κ1) is 15.3. The summed E-state index contributed by atoms with van der Waals surface area (Å²) in [5.74, 6) is 1.70. The molecule has 1 aliphatic rings. The second-order valence-electron chi connectivity index (χ2n) is 5.44. The van der Waals surface area contributed by atoms with Crippen molar-refractivity contribution in [2.45, 2.75) is 45.3 Å². The lowest BCUT2D eigenvalue weighted by Crippen LogP contribution is -2.44. The largest absolute Gasteiger partial charge is 0.496 e. The van der Waals surface area contributed by atoms with Crippen LogP contribution in [0.15, 0.2) is 24.3 Å². The SMILES string of the molecule is CCNC(Cc1ccccc1OC)C(OCC)C1CC1. The summed E-state index contributed by atoms with van der Waals surface area (Å²) in [7, 11) is 1.74. The second-order valence-corrected chi connectivity index (χ2v) is 5.44. The molecule has 0 saturated heterocycles. The fourth-order valence-electron chi connectivity index (χ4n) is 2.87. The molecule has 0 amide bonds. The van der Waals surface area contributed by atoms with Gasteiger partial charge in [0.15, 0.2) is 0 Å². The van der Waals surface area contributed by atoms with Crippen LogP contribution in [0, 0.1) is 5.92 Å². The van der Waals surface area contributed by atoms with Gasteiger partial charge in [-0.1, -0.05) is 25.1 Å². The van der Waals surface area contributed by atoms with Crippen LogP contribution in [0.5, 0.6) is 5.75 Å². The number of rotatable bonds is 9. The summed E-state index contributed by atoms with van der Waals surface area (Å²) in [5, 5.41) is 3.61. The van der Waals surface area contributed by atoms with E-state index in [2.05, 4.69) is 31.3 Å². The molecule has 1 aromatic carbocycles. The minimum atomic E-state index is 0.324. The van der Waals surface area contributed by atoms with Crippen molar-refractivity contribution >= 4 is 0 Å². The number of ether oxygens (including phenoxy) is 2. The summed E-state index contributed by atoms with van der Waals surface area (Å²) in [5.41, 5.74) is 1.26. The van der Waals surface area contributed by atoms with Crippen LogP contribution in [-0.2, 0) is 11.2 Å². The van der Waals surface area contributed by atoms with Crippen molar-refractivity contribution in [1.82, 2.24) is 5.32 Å². The lowest BCUT2D eigenvalue weighted by Gasteiger charge is -2.28. The van der Waals surface area contributed by atoms with Crippen molar-refractivity contribution in [2.75, 3.05) is 20.3 Å². The Balaban J connectivity index is 2.10. The van der Waals surface area contributed by atoms with E-state index in [0.717, 1.165) is 31.2 Å². The quantitative estimate of drug-likeness (QED) is 0.752. The standard InChI is InChI=1S/C17H27NO2/c1-4-18-15(17(20-5-2)13-10-11-13)12-14-8-6-7-9-16(14)19-3/h6-9,13,15,17-18H,4-5,10-12H2,1-3H3. The van der Waals surface area contributed by atoms with E-state index in [0.29, 0.717) is 12.1 Å². The number of methoxy groups -OCH3 is 1. The maximum atomic E-state index is 6.02. The molecule has 1 saturated carbocycles. The molecule has 1 aromatic rings. The molecule has 3 nitrogen and oxygen atoms in total. The van der Waals surface area contributed by atoms with Crippen molar-refractivity contribution in [3.05, 3.63) is 29.8 Å². The smallest absolute Gasteiger partial charge is 0.122 e. The van der Waals surface area contributed by atoms with Gasteiger partial charge in [0.2, 0.25) is 0 Å². The Labute approximate surface area is 122 Å². The van der Waals surface area contributed by atoms with Gasteiger partial charge in [-0.2, -0.15) is 0 Å². The Morgan fingerprint density at radius 1 is 1.25 bits per heavy atom. The van der Waals surface area contributed by atoms with E-state index in [1.807, 2.05) is 12.1 Å². The van der Waals surface area contributed by atoms with Gasteiger partial charge in [0, 0.05) is 12.6 Å². The molecule has 1 fully saturated rings. The average Bonchev–Trinajstić information content (AvgIpc) is 3.29. The highest BCUT2D eigenvalue weighted by atomic mass is 16.5. The first-order valence-corrected chi connectivity index (χ1v) is 7.77. The van der Waals surface area contributed by atoms with Crippen LogP contribution in [0.3, 0.4) is 0 Å². The molecule has 0 bridgehead atoms. The Bertz CT molecular complexity index is 404. The van der Waals surface area contributed by atoms with Crippen molar-refractivity contribution in [1.29, 1.82) is 0 Å². The maximum Gasteiger partial charge on any atom is 0.122 e. The van der Waals surface area contributed by atoms with Crippen LogP contribution in [-0.4, -0.2) is 32.4 Å². The molecule has 0 aromatic heterocycles. The van der Waals surface area contributed by atoms with Gasteiger partial charge >= 0.3 is 0 Å². The predicted molar refractivity (Wildman–Crippen MR) is 82.3 cm³/mol. The molecule has 112 valence electrons. The van der Waals surface area contributed by atoms with Gasteiger partial charge in [-0.25, -0.2) is 0 Å². The summed E-state index contributed by atoms with van der Waals surface area (Å²) in [6.45, 7) is 6.00. The van der Waals surface area contributed by atoms with Gasteiger partial charge in [0.05, 0.1) is 13.2 Å². The normalized spacial score (nSPS) is 17.8. The number of benzene rings is 1. The number of hydrogen-bond acceptors (Lipinski definition) is 3. The molecular weight excluding hydrogens is 250 g/mol. The van der Waals surface area contributed by atoms with Crippen molar-refractivity contribution in [3.8, 4) is 5.75 Å². The molecule has 2 rings (SSSR count). The Morgan fingerprint density at radius 3 is 2.60 bits per heavy atom. The Morgan fingerprint density at radius 2 is 2.00 bits per heavy atom. The second kappa shape index (κ2) is 7.65. The summed E-state index contributed by atoms with van der Waals surface area (Å²) >= 11 is 0. The third kappa shape index (κ3) is 3.97. The number of hydrogen-bond donors (Lipinski definition) is 1. The van der Waals surface area contributed by atoms with E-state index in [1.165, 1.54) is 18.4 Å². The van der Waals surface area contributed by atoms with E-state index < -0.39 is 0 Å².